The predicted molar refractivity (Wildman–Crippen MR) is 112 cm³/mol. The van der Waals surface area contributed by atoms with Crippen LogP contribution in [0.15, 0.2) is 24.3 Å². The number of thiophene rings is 1. The minimum absolute atomic E-state index is 0.0587. The van der Waals surface area contributed by atoms with Gasteiger partial charge in [-0.2, -0.15) is 0 Å². The van der Waals surface area contributed by atoms with Crippen molar-refractivity contribution in [2.75, 3.05) is 38.9 Å². The number of fused-ring (bicyclic) bond motifs is 2. The molecular weight excluding hydrogens is 416 g/mol. The molecule has 0 spiro atoms. The highest BCUT2D eigenvalue weighted by Gasteiger charge is 2.25. The largest absolute Gasteiger partial charge is 0.454 e. The number of hydrogen-bond acceptors (Lipinski definition) is 9. The fourth-order valence-corrected chi connectivity index (χ4v) is 4.69. The molecule has 0 bridgehead atoms. The van der Waals surface area contributed by atoms with Gasteiger partial charge in [0, 0.05) is 24.7 Å². The summed E-state index contributed by atoms with van der Waals surface area (Å²) >= 11 is 2.25. The molecule has 1 aliphatic rings. The Kier molecular flexibility index (Phi) is 5.35. The number of amides is 1. The molecule has 0 radical (unpaired) electrons. The Labute approximate surface area is 174 Å². The van der Waals surface area contributed by atoms with E-state index in [1.54, 1.807) is 11.0 Å². The number of thiazole rings is 1. The van der Waals surface area contributed by atoms with E-state index in [1.807, 2.05) is 25.1 Å². The van der Waals surface area contributed by atoms with E-state index < -0.39 is 4.92 Å². The van der Waals surface area contributed by atoms with Crippen molar-refractivity contribution in [2.24, 2.45) is 0 Å². The normalized spacial score (nSPS) is 12.7. The third kappa shape index (κ3) is 4.02. The Hall–Kier alpha value is -2.76. The fraction of sp³-hybridized carbons (Fsp3) is 0.333. The molecule has 0 atom stereocenters. The van der Waals surface area contributed by atoms with E-state index >= 15 is 0 Å². The number of anilines is 1. The summed E-state index contributed by atoms with van der Waals surface area (Å²) in [6.45, 7) is 1.44. The summed E-state index contributed by atoms with van der Waals surface area (Å²) in [4.78, 5) is 32.2. The van der Waals surface area contributed by atoms with Crippen molar-refractivity contribution in [3.8, 4) is 11.5 Å². The Morgan fingerprint density at radius 2 is 1.97 bits per heavy atom. The zero-order chi connectivity index (χ0) is 20.5. The molecule has 0 N–H and O–H groups in total. The fourth-order valence-electron chi connectivity index (χ4n) is 2.92. The van der Waals surface area contributed by atoms with E-state index in [1.165, 1.54) is 23.5 Å². The lowest BCUT2D eigenvalue weighted by atomic mass is 10.3. The van der Waals surface area contributed by atoms with Gasteiger partial charge in [0.15, 0.2) is 16.6 Å². The minimum atomic E-state index is -0.489. The number of ether oxygens (including phenoxy) is 2. The van der Waals surface area contributed by atoms with Gasteiger partial charge in [-0.15, -0.1) is 0 Å². The SMILES string of the molecule is CN(C)CCCN(C(=O)c1ccc([N+](=O)[O-])s1)c1nc2cc3c(cc2s1)OCO3. The first kappa shape index (κ1) is 19.6. The lowest BCUT2D eigenvalue weighted by Gasteiger charge is -2.20. The standard InChI is InChI=1S/C18H18N4O5S2/c1-20(2)6-3-7-21(17(23)14-4-5-16(28-14)22(24)25)18-19-11-8-12-13(27-10-26-12)9-15(11)29-18/h4-5,8-9H,3,6-7,10H2,1-2H3. The van der Waals surface area contributed by atoms with Gasteiger partial charge in [0.1, 0.15) is 0 Å². The van der Waals surface area contributed by atoms with Crippen LogP contribution < -0.4 is 14.4 Å². The molecule has 11 heteroatoms. The van der Waals surface area contributed by atoms with Crippen LogP contribution >= 0.6 is 22.7 Å². The van der Waals surface area contributed by atoms with E-state index in [0.29, 0.717) is 28.1 Å². The number of hydrogen-bond donors (Lipinski definition) is 0. The number of carbonyl (C=O) groups is 1. The Balaban J connectivity index is 1.66. The Bertz CT molecular complexity index is 1040. The van der Waals surface area contributed by atoms with Gasteiger partial charge in [0.25, 0.3) is 5.91 Å². The molecule has 9 nitrogen and oxygen atoms in total. The van der Waals surface area contributed by atoms with Crippen LogP contribution in [0.3, 0.4) is 0 Å². The number of benzene rings is 1. The second-order valence-electron chi connectivity index (χ2n) is 6.68. The van der Waals surface area contributed by atoms with Crippen LogP contribution in [0.25, 0.3) is 10.2 Å². The average Bonchev–Trinajstić information content (AvgIpc) is 3.40. The highest BCUT2D eigenvalue weighted by molar-refractivity contribution is 7.22. The zero-order valence-electron chi connectivity index (χ0n) is 15.8. The Morgan fingerprint density at radius 1 is 1.21 bits per heavy atom. The van der Waals surface area contributed by atoms with Crippen molar-refractivity contribution >= 4 is 48.9 Å². The van der Waals surface area contributed by atoms with Crippen molar-refractivity contribution in [3.63, 3.8) is 0 Å². The second kappa shape index (κ2) is 7.93. The van der Waals surface area contributed by atoms with Gasteiger partial charge in [0.05, 0.1) is 20.0 Å². The Morgan fingerprint density at radius 3 is 2.66 bits per heavy atom. The summed E-state index contributed by atoms with van der Waals surface area (Å²) in [7, 11) is 3.93. The predicted octanol–water partition coefficient (Wildman–Crippen LogP) is 3.59. The molecule has 0 unspecified atom stereocenters. The van der Waals surface area contributed by atoms with Crippen molar-refractivity contribution in [2.45, 2.75) is 6.42 Å². The second-order valence-corrected chi connectivity index (χ2v) is 8.75. The number of nitro groups is 1. The van der Waals surface area contributed by atoms with Crippen LogP contribution in [0, 0.1) is 10.1 Å². The molecule has 1 aliphatic heterocycles. The van der Waals surface area contributed by atoms with Gasteiger partial charge in [-0.3, -0.25) is 19.8 Å². The number of nitrogens with zero attached hydrogens (tertiary/aromatic N) is 4. The molecule has 0 fully saturated rings. The minimum Gasteiger partial charge on any atom is -0.454 e. The molecule has 0 saturated carbocycles. The average molecular weight is 434 g/mol. The molecule has 29 heavy (non-hydrogen) atoms. The van der Waals surface area contributed by atoms with Crippen molar-refractivity contribution in [1.29, 1.82) is 0 Å². The van der Waals surface area contributed by atoms with E-state index in [9.17, 15) is 14.9 Å². The summed E-state index contributed by atoms with van der Waals surface area (Å²) in [5.41, 5.74) is 0.719. The van der Waals surface area contributed by atoms with Crippen molar-refractivity contribution in [3.05, 3.63) is 39.3 Å². The molecular formula is C18H18N4O5S2. The molecule has 152 valence electrons. The van der Waals surface area contributed by atoms with Crippen LogP contribution in [0.4, 0.5) is 10.1 Å². The van der Waals surface area contributed by atoms with Crippen molar-refractivity contribution < 1.29 is 19.2 Å². The molecule has 1 amide bonds. The molecule has 0 saturated heterocycles. The lowest BCUT2D eigenvalue weighted by Crippen LogP contribution is -2.32. The van der Waals surface area contributed by atoms with E-state index in [4.69, 9.17) is 9.47 Å². The monoisotopic (exact) mass is 434 g/mol. The molecule has 4 rings (SSSR count). The van der Waals surface area contributed by atoms with Gasteiger partial charge in [-0.1, -0.05) is 22.7 Å². The van der Waals surface area contributed by atoms with E-state index in [0.717, 1.165) is 34.5 Å². The maximum absolute atomic E-state index is 13.2. The van der Waals surface area contributed by atoms with E-state index in [-0.39, 0.29) is 17.7 Å². The van der Waals surface area contributed by atoms with Crippen molar-refractivity contribution in [1.82, 2.24) is 9.88 Å². The zero-order valence-corrected chi connectivity index (χ0v) is 17.4. The first-order valence-corrected chi connectivity index (χ1v) is 10.5. The van der Waals surface area contributed by atoms with Gasteiger partial charge >= 0.3 is 5.00 Å². The molecule has 3 heterocycles. The maximum atomic E-state index is 13.2. The van der Waals surface area contributed by atoms with Crippen LogP contribution in [-0.2, 0) is 0 Å². The molecule has 3 aromatic rings. The quantitative estimate of drug-likeness (QED) is 0.414. The van der Waals surface area contributed by atoms with Gasteiger partial charge in [-0.05, 0) is 33.1 Å². The summed E-state index contributed by atoms with van der Waals surface area (Å²) in [5.74, 6) is 1.00. The maximum Gasteiger partial charge on any atom is 0.324 e. The van der Waals surface area contributed by atoms with Crippen LogP contribution in [0.5, 0.6) is 11.5 Å². The van der Waals surface area contributed by atoms with Crippen LogP contribution in [0.2, 0.25) is 0 Å². The highest BCUT2D eigenvalue weighted by atomic mass is 32.1. The topological polar surface area (TPSA) is 98.0 Å². The first-order valence-electron chi connectivity index (χ1n) is 8.83. The summed E-state index contributed by atoms with van der Waals surface area (Å²) in [6.07, 6.45) is 0.741. The summed E-state index contributed by atoms with van der Waals surface area (Å²) in [5, 5.41) is 11.5. The van der Waals surface area contributed by atoms with Crippen LogP contribution in [-0.4, -0.2) is 54.7 Å². The third-order valence-electron chi connectivity index (χ3n) is 4.32. The lowest BCUT2D eigenvalue weighted by molar-refractivity contribution is -0.380. The summed E-state index contributed by atoms with van der Waals surface area (Å²) < 4.78 is 11.7. The summed E-state index contributed by atoms with van der Waals surface area (Å²) in [6, 6.07) is 6.51. The molecule has 2 aromatic heterocycles. The van der Waals surface area contributed by atoms with E-state index in [2.05, 4.69) is 4.98 Å². The molecule has 1 aromatic carbocycles. The third-order valence-corrected chi connectivity index (χ3v) is 6.38. The number of aromatic nitrogens is 1. The smallest absolute Gasteiger partial charge is 0.324 e. The van der Waals surface area contributed by atoms with Gasteiger partial charge < -0.3 is 14.4 Å². The van der Waals surface area contributed by atoms with Gasteiger partial charge in [-0.25, -0.2) is 4.98 Å². The highest BCUT2D eigenvalue weighted by Crippen LogP contribution is 2.40. The van der Waals surface area contributed by atoms with Crippen LogP contribution in [0.1, 0.15) is 16.1 Å². The molecule has 0 aliphatic carbocycles. The number of carbonyl (C=O) groups excluding carboxylic acids is 1. The number of rotatable bonds is 7. The van der Waals surface area contributed by atoms with Gasteiger partial charge in [0.2, 0.25) is 6.79 Å². The first-order chi connectivity index (χ1) is 13.9.